The van der Waals surface area contributed by atoms with Gasteiger partial charge in [-0.1, -0.05) is 63.2 Å². The van der Waals surface area contributed by atoms with Crippen molar-refractivity contribution in [2.45, 2.75) is 77.4 Å². The molecule has 1 aromatic rings. The van der Waals surface area contributed by atoms with Gasteiger partial charge >= 0.3 is 0 Å². The number of hydrogen-bond donors (Lipinski definition) is 1. The van der Waals surface area contributed by atoms with Crippen molar-refractivity contribution >= 4 is 0 Å². The number of aromatic nitrogens is 3. The zero-order valence-corrected chi connectivity index (χ0v) is 12.8. The highest BCUT2D eigenvalue weighted by molar-refractivity contribution is 4.98. The van der Waals surface area contributed by atoms with Gasteiger partial charge in [-0.15, -0.1) is 11.7 Å². The summed E-state index contributed by atoms with van der Waals surface area (Å²) in [5.74, 6) is 0. The molecule has 0 radical (unpaired) electrons. The molecule has 0 aliphatic carbocycles. The van der Waals surface area contributed by atoms with Crippen molar-refractivity contribution in [2.75, 3.05) is 0 Å². The van der Waals surface area contributed by atoms with Crippen LogP contribution in [-0.2, 0) is 13.0 Å². The third-order valence-corrected chi connectivity index (χ3v) is 3.52. The van der Waals surface area contributed by atoms with Crippen LogP contribution < -0.4 is 0 Å². The number of rotatable bonds is 12. The molecule has 0 bridgehead atoms. The maximum absolute atomic E-state index is 9.46. The summed E-state index contributed by atoms with van der Waals surface area (Å²) in [5.41, 5.74) is 0.831. The molecule has 0 spiro atoms. The average Bonchev–Trinajstić information content (AvgIpc) is 2.89. The number of aryl methyl sites for hydroxylation is 1. The maximum Gasteiger partial charge on any atom is 0.0856 e. The van der Waals surface area contributed by atoms with E-state index in [2.05, 4.69) is 23.8 Å². The first kappa shape index (κ1) is 16.9. The van der Waals surface area contributed by atoms with E-state index in [1.165, 1.54) is 51.0 Å². The Morgan fingerprint density at radius 2 is 1.85 bits per heavy atom. The Hall–Kier alpha value is -1.16. The van der Waals surface area contributed by atoms with Crippen LogP contribution >= 0.6 is 0 Å². The minimum absolute atomic E-state index is 0.501. The van der Waals surface area contributed by atoms with Crippen molar-refractivity contribution in [2.24, 2.45) is 0 Å². The highest BCUT2D eigenvalue weighted by Gasteiger charge is 2.05. The molecule has 1 aromatic heterocycles. The number of unbranched alkanes of at least 4 members (excludes halogenated alkanes) is 7. The molecule has 1 atom stereocenters. The smallest absolute Gasteiger partial charge is 0.0856 e. The minimum Gasteiger partial charge on any atom is -0.389 e. The van der Waals surface area contributed by atoms with E-state index in [1.54, 1.807) is 0 Å². The van der Waals surface area contributed by atoms with Crippen LogP contribution in [0.4, 0.5) is 0 Å². The van der Waals surface area contributed by atoms with E-state index in [0.717, 1.165) is 18.7 Å². The average molecular weight is 279 g/mol. The molecular formula is C16H29N3O. The van der Waals surface area contributed by atoms with E-state index in [9.17, 15) is 5.11 Å². The zero-order chi connectivity index (χ0) is 14.6. The first-order valence-corrected chi connectivity index (χ1v) is 7.96. The molecule has 1 N–H and O–H groups in total. The standard InChI is InChI=1S/C16H29N3O/c1-3-5-6-7-8-9-10-11-12-19-14-15(17-18-19)13-16(20)4-2/h4,14,16,20H,2-3,5-13H2,1H3. The number of aliphatic hydroxyl groups is 1. The molecule has 0 aliphatic rings. The lowest BCUT2D eigenvalue weighted by molar-refractivity contribution is 0.223. The lowest BCUT2D eigenvalue weighted by Gasteiger charge is -2.02. The Bertz CT molecular complexity index is 362. The highest BCUT2D eigenvalue weighted by atomic mass is 16.3. The van der Waals surface area contributed by atoms with Gasteiger partial charge in [0.25, 0.3) is 0 Å². The molecular weight excluding hydrogens is 250 g/mol. The summed E-state index contributed by atoms with van der Waals surface area (Å²) >= 11 is 0. The third kappa shape index (κ3) is 7.43. The molecule has 0 aliphatic heterocycles. The van der Waals surface area contributed by atoms with E-state index in [4.69, 9.17) is 0 Å². The summed E-state index contributed by atoms with van der Waals surface area (Å²) < 4.78 is 1.88. The summed E-state index contributed by atoms with van der Waals surface area (Å²) in [5, 5.41) is 17.6. The van der Waals surface area contributed by atoms with E-state index >= 15 is 0 Å². The molecule has 0 saturated heterocycles. The fourth-order valence-electron chi connectivity index (χ4n) is 2.25. The van der Waals surface area contributed by atoms with E-state index in [1.807, 2.05) is 10.9 Å². The molecule has 1 rings (SSSR count). The van der Waals surface area contributed by atoms with Crippen LogP contribution in [0.2, 0.25) is 0 Å². The first-order valence-electron chi connectivity index (χ1n) is 7.96. The molecule has 20 heavy (non-hydrogen) atoms. The molecule has 4 heteroatoms. The SMILES string of the molecule is C=CC(O)Cc1cn(CCCCCCCCCC)nn1. The number of hydrogen-bond acceptors (Lipinski definition) is 3. The second kappa shape index (κ2) is 10.6. The topological polar surface area (TPSA) is 50.9 Å². The molecule has 1 unspecified atom stereocenters. The normalized spacial score (nSPS) is 12.5. The molecule has 0 aromatic carbocycles. The predicted molar refractivity (Wildman–Crippen MR) is 82.5 cm³/mol. The fraction of sp³-hybridized carbons (Fsp3) is 0.750. The molecule has 4 nitrogen and oxygen atoms in total. The van der Waals surface area contributed by atoms with E-state index < -0.39 is 6.10 Å². The van der Waals surface area contributed by atoms with E-state index in [-0.39, 0.29) is 0 Å². The maximum atomic E-state index is 9.46. The molecule has 114 valence electrons. The van der Waals surface area contributed by atoms with Gasteiger partial charge in [0.1, 0.15) is 0 Å². The lowest BCUT2D eigenvalue weighted by atomic mass is 10.1. The predicted octanol–water partition coefficient (Wildman–Crippen LogP) is 3.51. The molecule has 1 heterocycles. The summed E-state index contributed by atoms with van der Waals surface area (Å²) in [6, 6.07) is 0. The van der Waals surface area contributed by atoms with Crippen LogP contribution in [0.25, 0.3) is 0 Å². The Morgan fingerprint density at radius 1 is 1.20 bits per heavy atom. The lowest BCUT2D eigenvalue weighted by Crippen LogP contribution is -2.06. The van der Waals surface area contributed by atoms with Gasteiger partial charge in [-0.3, -0.25) is 4.68 Å². The summed E-state index contributed by atoms with van der Waals surface area (Å²) in [6.45, 7) is 6.73. The van der Waals surface area contributed by atoms with Crippen molar-refractivity contribution in [1.82, 2.24) is 15.0 Å². The van der Waals surface area contributed by atoms with Gasteiger partial charge < -0.3 is 5.11 Å². The molecule has 0 amide bonds. The number of aliphatic hydroxyl groups excluding tert-OH is 1. The van der Waals surface area contributed by atoms with Gasteiger partial charge in [0.2, 0.25) is 0 Å². The Balaban J connectivity index is 2.06. The van der Waals surface area contributed by atoms with Crippen molar-refractivity contribution in [1.29, 1.82) is 0 Å². The van der Waals surface area contributed by atoms with Crippen molar-refractivity contribution in [3.8, 4) is 0 Å². The third-order valence-electron chi connectivity index (χ3n) is 3.52. The monoisotopic (exact) mass is 279 g/mol. The molecule has 0 saturated carbocycles. The Labute approximate surface area is 122 Å². The zero-order valence-electron chi connectivity index (χ0n) is 12.8. The second-order valence-corrected chi connectivity index (χ2v) is 5.45. The summed E-state index contributed by atoms with van der Waals surface area (Å²) in [6.07, 6.45) is 14.0. The molecule has 0 fully saturated rings. The van der Waals surface area contributed by atoms with E-state index in [0.29, 0.717) is 6.42 Å². The second-order valence-electron chi connectivity index (χ2n) is 5.45. The highest BCUT2D eigenvalue weighted by Crippen LogP contribution is 2.09. The van der Waals surface area contributed by atoms with Crippen molar-refractivity contribution < 1.29 is 5.11 Å². The van der Waals surface area contributed by atoms with Gasteiger partial charge in [0.15, 0.2) is 0 Å². The number of nitrogens with zero attached hydrogens (tertiary/aromatic N) is 3. The van der Waals surface area contributed by atoms with Crippen LogP contribution in [-0.4, -0.2) is 26.2 Å². The quantitative estimate of drug-likeness (QED) is 0.470. The Kier molecular flexibility index (Phi) is 8.96. The van der Waals surface area contributed by atoms with Gasteiger partial charge in [-0.25, -0.2) is 0 Å². The summed E-state index contributed by atoms with van der Waals surface area (Å²) in [7, 11) is 0. The van der Waals surface area contributed by atoms with Crippen LogP contribution in [0.15, 0.2) is 18.9 Å². The van der Waals surface area contributed by atoms with Gasteiger partial charge in [-0.2, -0.15) is 0 Å². The van der Waals surface area contributed by atoms with Gasteiger partial charge in [-0.05, 0) is 6.42 Å². The van der Waals surface area contributed by atoms with Crippen LogP contribution in [0, 0.1) is 0 Å². The summed E-state index contributed by atoms with van der Waals surface area (Å²) in [4.78, 5) is 0. The van der Waals surface area contributed by atoms with Crippen LogP contribution in [0.5, 0.6) is 0 Å². The Morgan fingerprint density at radius 3 is 2.50 bits per heavy atom. The van der Waals surface area contributed by atoms with Crippen LogP contribution in [0.1, 0.15) is 64.0 Å². The largest absolute Gasteiger partial charge is 0.389 e. The van der Waals surface area contributed by atoms with Gasteiger partial charge in [0, 0.05) is 19.2 Å². The fourth-order valence-corrected chi connectivity index (χ4v) is 2.25. The van der Waals surface area contributed by atoms with Gasteiger partial charge in [0.05, 0.1) is 11.8 Å². The van der Waals surface area contributed by atoms with Crippen molar-refractivity contribution in [3.63, 3.8) is 0 Å². The van der Waals surface area contributed by atoms with Crippen LogP contribution in [0.3, 0.4) is 0 Å². The van der Waals surface area contributed by atoms with Crippen molar-refractivity contribution in [3.05, 3.63) is 24.5 Å². The first-order chi connectivity index (χ1) is 9.76. The minimum atomic E-state index is -0.525.